The second-order valence-electron chi connectivity index (χ2n) is 3.73. The van der Waals surface area contributed by atoms with Crippen LogP contribution in [0.3, 0.4) is 0 Å². The number of rotatable bonds is 1. The van der Waals surface area contributed by atoms with Gasteiger partial charge in [0, 0.05) is 26.6 Å². The Morgan fingerprint density at radius 2 is 2.21 bits per heavy atom. The fourth-order valence-electron chi connectivity index (χ4n) is 2.11. The first kappa shape index (κ1) is 9.45. The minimum atomic E-state index is -0.701. The lowest BCUT2D eigenvalue weighted by Crippen LogP contribution is -2.48. The van der Waals surface area contributed by atoms with Crippen LogP contribution in [0.2, 0.25) is 0 Å². The average molecular weight is 198 g/mol. The van der Waals surface area contributed by atoms with Crippen LogP contribution in [0.1, 0.15) is 13.3 Å². The fourth-order valence-corrected chi connectivity index (χ4v) is 2.11. The van der Waals surface area contributed by atoms with E-state index < -0.39 is 5.54 Å². The third-order valence-electron chi connectivity index (χ3n) is 3.12. The molecule has 0 aromatic heterocycles. The van der Waals surface area contributed by atoms with Gasteiger partial charge in [-0.1, -0.05) is 0 Å². The SMILES string of the molecule is CCN1C(=O)N(C)C2(CCOC2)C1=O. The van der Waals surface area contributed by atoms with Crippen molar-refractivity contribution >= 4 is 11.9 Å². The third-order valence-corrected chi connectivity index (χ3v) is 3.12. The Morgan fingerprint density at radius 3 is 2.64 bits per heavy atom. The first-order valence-electron chi connectivity index (χ1n) is 4.81. The van der Waals surface area contributed by atoms with Gasteiger partial charge in [-0.25, -0.2) is 4.79 Å². The molecule has 5 nitrogen and oxygen atoms in total. The maximum Gasteiger partial charge on any atom is 0.327 e. The lowest BCUT2D eigenvalue weighted by atomic mass is 9.98. The predicted molar refractivity (Wildman–Crippen MR) is 48.7 cm³/mol. The largest absolute Gasteiger partial charge is 0.378 e. The van der Waals surface area contributed by atoms with Crippen LogP contribution >= 0.6 is 0 Å². The van der Waals surface area contributed by atoms with Crippen LogP contribution in [0.5, 0.6) is 0 Å². The number of ether oxygens (including phenoxy) is 1. The average Bonchev–Trinajstić information content (AvgIpc) is 2.72. The summed E-state index contributed by atoms with van der Waals surface area (Å²) >= 11 is 0. The van der Waals surface area contributed by atoms with E-state index in [-0.39, 0.29) is 11.9 Å². The lowest BCUT2D eigenvalue weighted by molar-refractivity contribution is -0.132. The summed E-state index contributed by atoms with van der Waals surface area (Å²) in [5, 5.41) is 0. The zero-order valence-corrected chi connectivity index (χ0v) is 8.45. The molecule has 2 rings (SSSR count). The summed E-state index contributed by atoms with van der Waals surface area (Å²) in [6.07, 6.45) is 0.616. The van der Waals surface area contributed by atoms with E-state index in [1.165, 1.54) is 9.80 Å². The smallest absolute Gasteiger partial charge is 0.327 e. The first-order chi connectivity index (χ1) is 6.63. The van der Waals surface area contributed by atoms with Crippen LogP contribution in [0.25, 0.3) is 0 Å². The normalized spacial score (nSPS) is 32.4. The molecule has 0 bridgehead atoms. The van der Waals surface area contributed by atoms with Crippen LogP contribution in [0, 0.1) is 0 Å². The molecule has 1 spiro atoms. The highest BCUT2D eigenvalue weighted by molar-refractivity contribution is 6.07. The van der Waals surface area contributed by atoms with Crippen molar-refractivity contribution < 1.29 is 14.3 Å². The van der Waals surface area contributed by atoms with Crippen molar-refractivity contribution in [3.05, 3.63) is 0 Å². The molecule has 0 aromatic carbocycles. The summed E-state index contributed by atoms with van der Waals surface area (Å²) in [4.78, 5) is 26.5. The number of carbonyl (C=O) groups is 2. The molecule has 2 aliphatic rings. The quantitative estimate of drug-likeness (QED) is 0.560. The molecule has 0 aromatic rings. The number of hydrogen-bond acceptors (Lipinski definition) is 3. The van der Waals surface area contributed by atoms with Crippen molar-refractivity contribution in [2.24, 2.45) is 0 Å². The number of carbonyl (C=O) groups excluding carboxylic acids is 2. The summed E-state index contributed by atoms with van der Waals surface area (Å²) in [5.41, 5.74) is -0.701. The summed E-state index contributed by atoms with van der Waals surface area (Å²) in [7, 11) is 1.67. The Balaban J connectivity index is 2.35. The van der Waals surface area contributed by atoms with E-state index in [9.17, 15) is 9.59 Å². The Kier molecular flexibility index (Phi) is 1.99. The second-order valence-corrected chi connectivity index (χ2v) is 3.73. The molecule has 1 atom stereocenters. The van der Waals surface area contributed by atoms with Gasteiger partial charge in [0.1, 0.15) is 5.54 Å². The van der Waals surface area contributed by atoms with Crippen molar-refractivity contribution in [2.45, 2.75) is 18.9 Å². The van der Waals surface area contributed by atoms with E-state index in [0.717, 1.165) is 0 Å². The molecule has 1 unspecified atom stereocenters. The molecule has 2 aliphatic heterocycles. The van der Waals surface area contributed by atoms with Gasteiger partial charge in [-0.05, 0) is 6.92 Å². The molecule has 0 aliphatic carbocycles. The van der Waals surface area contributed by atoms with E-state index >= 15 is 0 Å². The van der Waals surface area contributed by atoms with E-state index in [1.54, 1.807) is 14.0 Å². The van der Waals surface area contributed by atoms with Gasteiger partial charge in [-0.3, -0.25) is 9.69 Å². The monoisotopic (exact) mass is 198 g/mol. The van der Waals surface area contributed by atoms with Gasteiger partial charge in [0.05, 0.1) is 6.61 Å². The number of urea groups is 1. The van der Waals surface area contributed by atoms with Crippen LogP contribution in [0.4, 0.5) is 4.79 Å². The van der Waals surface area contributed by atoms with Gasteiger partial charge in [0.25, 0.3) is 5.91 Å². The Bertz CT molecular complexity index is 284. The molecule has 2 heterocycles. The molecular weight excluding hydrogens is 184 g/mol. The maximum absolute atomic E-state index is 12.0. The fraction of sp³-hybridized carbons (Fsp3) is 0.778. The van der Waals surface area contributed by atoms with Crippen molar-refractivity contribution in [3.63, 3.8) is 0 Å². The molecule has 0 radical (unpaired) electrons. The highest BCUT2D eigenvalue weighted by Crippen LogP contribution is 2.33. The van der Waals surface area contributed by atoms with Crippen molar-refractivity contribution in [1.29, 1.82) is 0 Å². The first-order valence-corrected chi connectivity index (χ1v) is 4.81. The topological polar surface area (TPSA) is 49.9 Å². The van der Waals surface area contributed by atoms with Crippen LogP contribution < -0.4 is 0 Å². The van der Waals surface area contributed by atoms with Gasteiger partial charge in [0.15, 0.2) is 0 Å². The highest BCUT2D eigenvalue weighted by atomic mass is 16.5. The molecule has 2 fully saturated rings. The van der Waals surface area contributed by atoms with E-state index in [0.29, 0.717) is 26.2 Å². The van der Waals surface area contributed by atoms with Gasteiger partial charge in [-0.2, -0.15) is 0 Å². The molecule has 5 heteroatoms. The second kappa shape index (κ2) is 2.95. The molecule has 14 heavy (non-hydrogen) atoms. The Hall–Kier alpha value is -1.10. The highest BCUT2D eigenvalue weighted by Gasteiger charge is 2.57. The van der Waals surface area contributed by atoms with Crippen LogP contribution in [-0.4, -0.2) is 54.1 Å². The van der Waals surface area contributed by atoms with Gasteiger partial charge in [-0.15, -0.1) is 0 Å². The van der Waals surface area contributed by atoms with E-state index in [1.807, 2.05) is 0 Å². The zero-order valence-electron chi connectivity index (χ0n) is 8.45. The molecule has 0 saturated carbocycles. The molecule has 78 valence electrons. The summed E-state index contributed by atoms with van der Waals surface area (Å²) in [6, 6.07) is -0.206. The van der Waals surface area contributed by atoms with Gasteiger partial charge < -0.3 is 9.64 Å². The van der Waals surface area contributed by atoms with Gasteiger partial charge in [0.2, 0.25) is 0 Å². The summed E-state index contributed by atoms with van der Waals surface area (Å²) in [5.74, 6) is -0.106. The maximum atomic E-state index is 12.0. The number of hydrogen-bond donors (Lipinski definition) is 0. The van der Waals surface area contributed by atoms with Gasteiger partial charge >= 0.3 is 6.03 Å². The van der Waals surface area contributed by atoms with E-state index in [2.05, 4.69) is 0 Å². The minimum Gasteiger partial charge on any atom is -0.378 e. The Morgan fingerprint density at radius 1 is 1.50 bits per heavy atom. The van der Waals surface area contributed by atoms with Crippen molar-refractivity contribution in [2.75, 3.05) is 26.8 Å². The molecule has 0 N–H and O–H groups in total. The predicted octanol–water partition coefficient (Wildman–Crippen LogP) is 0.0594. The van der Waals surface area contributed by atoms with Crippen molar-refractivity contribution in [3.8, 4) is 0 Å². The Labute approximate surface area is 82.6 Å². The molecule has 3 amide bonds. The van der Waals surface area contributed by atoms with Crippen molar-refractivity contribution in [1.82, 2.24) is 9.80 Å². The summed E-state index contributed by atoms with van der Waals surface area (Å²) in [6.45, 7) is 3.13. The number of imide groups is 1. The standard InChI is InChI=1S/C9H14N2O3/c1-3-11-7(12)9(4-5-14-6-9)10(2)8(11)13/h3-6H2,1-2H3. The number of nitrogens with zero attached hydrogens (tertiary/aromatic N) is 2. The molecule has 2 saturated heterocycles. The van der Waals surface area contributed by atoms with Crippen LogP contribution in [0.15, 0.2) is 0 Å². The minimum absolute atomic E-state index is 0.106. The van der Waals surface area contributed by atoms with Crippen LogP contribution in [-0.2, 0) is 9.53 Å². The lowest BCUT2D eigenvalue weighted by Gasteiger charge is -2.25. The zero-order chi connectivity index (χ0) is 10.3. The summed E-state index contributed by atoms with van der Waals surface area (Å²) < 4.78 is 5.22. The number of likely N-dealkylation sites (N-methyl/N-ethyl adjacent to an activating group) is 2. The third kappa shape index (κ3) is 0.930. The molecular formula is C9H14N2O3. The van der Waals surface area contributed by atoms with E-state index in [4.69, 9.17) is 4.74 Å². The number of amides is 3.